The van der Waals surface area contributed by atoms with Gasteiger partial charge in [0.25, 0.3) is 0 Å². The minimum atomic E-state index is -0.222. The number of rotatable bonds is 3. The van der Waals surface area contributed by atoms with Gasteiger partial charge in [-0.15, -0.1) is 0 Å². The van der Waals surface area contributed by atoms with Gasteiger partial charge >= 0.3 is 0 Å². The number of nitriles is 1. The van der Waals surface area contributed by atoms with Gasteiger partial charge in [-0.25, -0.2) is 0 Å². The van der Waals surface area contributed by atoms with Crippen molar-refractivity contribution in [3.63, 3.8) is 0 Å². The molecule has 0 aliphatic rings. The molecule has 0 aliphatic heterocycles. The van der Waals surface area contributed by atoms with Gasteiger partial charge in [0.05, 0.1) is 16.8 Å². The molecule has 0 unspecified atom stereocenters. The molecule has 2 rings (SSSR count). The summed E-state index contributed by atoms with van der Waals surface area (Å²) in [5.74, 6) is -0.222. The van der Waals surface area contributed by atoms with Gasteiger partial charge in [0.2, 0.25) is 0 Å². The Labute approximate surface area is 105 Å². The van der Waals surface area contributed by atoms with Crippen molar-refractivity contribution in [1.29, 1.82) is 5.26 Å². The summed E-state index contributed by atoms with van der Waals surface area (Å²) in [5.41, 5.74) is 2.95. The molecule has 1 heterocycles. The lowest BCUT2D eigenvalue weighted by Crippen LogP contribution is -1.92. The van der Waals surface area contributed by atoms with Gasteiger partial charge in [0, 0.05) is 5.39 Å². The summed E-state index contributed by atoms with van der Waals surface area (Å²) in [6, 6.07) is 7.62. The SMILES string of the molecule is CCc1n[nH]c2ccc(/C=C(\C#N)C(C)=O)cc12. The number of fused-ring (bicyclic) bond motifs is 1. The molecule has 18 heavy (non-hydrogen) atoms. The van der Waals surface area contributed by atoms with Crippen LogP contribution in [-0.4, -0.2) is 16.0 Å². The lowest BCUT2D eigenvalue weighted by Gasteiger charge is -1.97. The minimum absolute atomic E-state index is 0.163. The maximum absolute atomic E-state index is 11.2. The standard InChI is InChI=1S/C14H13N3O/c1-3-13-12-7-10(4-5-14(12)17-16-13)6-11(8-15)9(2)18/h4-7H,3H2,1-2H3,(H,16,17)/b11-6+. The highest BCUT2D eigenvalue weighted by molar-refractivity contribution is 6.02. The number of carbonyl (C=O) groups is 1. The molecule has 0 amide bonds. The molecular weight excluding hydrogens is 226 g/mol. The summed E-state index contributed by atoms with van der Waals surface area (Å²) in [5, 5.41) is 17.1. The Balaban J connectivity index is 2.53. The number of hydrogen-bond acceptors (Lipinski definition) is 3. The van der Waals surface area contributed by atoms with Crippen molar-refractivity contribution in [3.8, 4) is 6.07 Å². The molecular formula is C14H13N3O. The summed E-state index contributed by atoms with van der Waals surface area (Å²) in [4.78, 5) is 11.2. The molecule has 1 N–H and O–H groups in total. The second kappa shape index (κ2) is 4.84. The molecule has 90 valence electrons. The molecule has 1 aromatic carbocycles. The zero-order valence-corrected chi connectivity index (χ0v) is 10.3. The Morgan fingerprint density at radius 1 is 1.56 bits per heavy atom. The number of allylic oxidation sites excluding steroid dienone is 1. The van der Waals surface area contributed by atoms with Gasteiger partial charge in [0.1, 0.15) is 6.07 Å². The van der Waals surface area contributed by atoms with Crippen molar-refractivity contribution in [1.82, 2.24) is 10.2 Å². The third-order valence-corrected chi connectivity index (χ3v) is 2.81. The van der Waals surface area contributed by atoms with E-state index in [-0.39, 0.29) is 11.4 Å². The van der Waals surface area contributed by atoms with Crippen molar-refractivity contribution >= 4 is 22.8 Å². The van der Waals surface area contributed by atoms with Gasteiger partial charge in [-0.2, -0.15) is 10.4 Å². The molecule has 0 bridgehead atoms. The van der Waals surface area contributed by atoms with E-state index in [4.69, 9.17) is 5.26 Å². The fourth-order valence-corrected chi connectivity index (χ4v) is 1.82. The van der Waals surface area contributed by atoms with Crippen LogP contribution in [0.25, 0.3) is 17.0 Å². The number of hydrogen-bond donors (Lipinski definition) is 1. The van der Waals surface area contributed by atoms with E-state index in [2.05, 4.69) is 10.2 Å². The van der Waals surface area contributed by atoms with Crippen molar-refractivity contribution in [2.75, 3.05) is 0 Å². The molecule has 0 saturated carbocycles. The maximum atomic E-state index is 11.2. The molecule has 0 atom stereocenters. The zero-order chi connectivity index (χ0) is 13.1. The van der Waals surface area contributed by atoms with E-state index >= 15 is 0 Å². The lowest BCUT2D eigenvalue weighted by molar-refractivity contribution is -0.113. The number of Topliss-reactive ketones (excluding diaryl/α,β-unsaturated/α-hetero) is 1. The van der Waals surface area contributed by atoms with Gasteiger partial charge in [-0.05, 0) is 37.1 Å². The first kappa shape index (κ1) is 12.1. The number of nitrogens with one attached hydrogen (secondary N) is 1. The third-order valence-electron chi connectivity index (χ3n) is 2.81. The van der Waals surface area contributed by atoms with Crippen LogP contribution in [0.15, 0.2) is 23.8 Å². The smallest absolute Gasteiger partial charge is 0.170 e. The van der Waals surface area contributed by atoms with Gasteiger partial charge in [-0.3, -0.25) is 9.89 Å². The number of aromatic nitrogens is 2. The van der Waals surface area contributed by atoms with Crippen LogP contribution in [0.5, 0.6) is 0 Å². The first-order valence-electron chi connectivity index (χ1n) is 5.75. The zero-order valence-electron chi connectivity index (χ0n) is 10.3. The van der Waals surface area contributed by atoms with E-state index in [1.807, 2.05) is 31.2 Å². The number of H-pyrrole nitrogens is 1. The maximum Gasteiger partial charge on any atom is 0.170 e. The highest BCUT2D eigenvalue weighted by Gasteiger charge is 2.06. The van der Waals surface area contributed by atoms with Crippen molar-refractivity contribution in [2.45, 2.75) is 20.3 Å². The quantitative estimate of drug-likeness (QED) is 0.661. The second-order valence-corrected chi connectivity index (χ2v) is 4.05. The van der Waals surface area contributed by atoms with E-state index in [1.54, 1.807) is 6.08 Å². The fourth-order valence-electron chi connectivity index (χ4n) is 1.82. The topological polar surface area (TPSA) is 69.5 Å². The van der Waals surface area contributed by atoms with E-state index in [1.165, 1.54) is 6.92 Å². The van der Waals surface area contributed by atoms with Crippen LogP contribution in [-0.2, 0) is 11.2 Å². The number of ketones is 1. The Kier molecular flexibility index (Phi) is 3.24. The van der Waals surface area contributed by atoms with E-state index in [0.717, 1.165) is 28.6 Å². The monoisotopic (exact) mass is 239 g/mol. The summed E-state index contributed by atoms with van der Waals surface area (Å²) in [6.45, 7) is 3.43. The van der Waals surface area contributed by atoms with Crippen LogP contribution in [0.2, 0.25) is 0 Å². The number of nitrogens with zero attached hydrogens (tertiary/aromatic N) is 2. The van der Waals surface area contributed by atoms with Gasteiger partial charge in [0.15, 0.2) is 5.78 Å². The average molecular weight is 239 g/mol. The van der Waals surface area contributed by atoms with E-state index in [0.29, 0.717) is 0 Å². The van der Waals surface area contributed by atoms with Gasteiger partial charge in [-0.1, -0.05) is 13.0 Å². The summed E-state index contributed by atoms with van der Waals surface area (Å²) >= 11 is 0. The van der Waals surface area contributed by atoms with Crippen LogP contribution in [0, 0.1) is 11.3 Å². The number of aromatic amines is 1. The van der Waals surface area contributed by atoms with E-state index in [9.17, 15) is 4.79 Å². The van der Waals surface area contributed by atoms with Gasteiger partial charge < -0.3 is 0 Å². The van der Waals surface area contributed by atoms with Crippen molar-refractivity contribution < 1.29 is 4.79 Å². The Bertz CT molecular complexity index is 674. The molecule has 0 spiro atoms. The first-order valence-corrected chi connectivity index (χ1v) is 5.75. The predicted molar refractivity (Wildman–Crippen MR) is 69.7 cm³/mol. The molecule has 0 fully saturated rings. The predicted octanol–water partition coefficient (Wildman–Crippen LogP) is 2.62. The fraction of sp³-hybridized carbons (Fsp3) is 0.214. The molecule has 2 aromatic rings. The summed E-state index contributed by atoms with van der Waals surface area (Å²) < 4.78 is 0. The normalized spacial score (nSPS) is 11.5. The van der Waals surface area contributed by atoms with Crippen LogP contribution < -0.4 is 0 Å². The summed E-state index contributed by atoms with van der Waals surface area (Å²) in [6.07, 6.45) is 2.44. The first-order chi connectivity index (χ1) is 8.65. The van der Waals surface area contributed by atoms with Crippen molar-refractivity contribution in [2.24, 2.45) is 0 Å². The molecule has 1 aromatic heterocycles. The minimum Gasteiger partial charge on any atom is -0.294 e. The Hall–Kier alpha value is -2.41. The lowest BCUT2D eigenvalue weighted by atomic mass is 10.1. The number of aryl methyl sites for hydroxylation is 1. The Morgan fingerprint density at radius 3 is 2.94 bits per heavy atom. The summed E-state index contributed by atoms with van der Waals surface area (Å²) in [7, 11) is 0. The van der Waals surface area contributed by atoms with E-state index < -0.39 is 0 Å². The van der Waals surface area contributed by atoms with Crippen LogP contribution >= 0.6 is 0 Å². The highest BCUT2D eigenvalue weighted by Crippen LogP contribution is 2.19. The van der Waals surface area contributed by atoms with Crippen molar-refractivity contribution in [3.05, 3.63) is 35.0 Å². The van der Waals surface area contributed by atoms with Crippen LogP contribution in [0.4, 0.5) is 0 Å². The highest BCUT2D eigenvalue weighted by atomic mass is 16.1. The largest absolute Gasteiger partial charge is 0.294 e. The number of carbonyl (C=O) groups excluding carboxylic acids is 1. The molecule has 0 aliphatic carbocycles. The Morgan fingerprint density at radius 2 is 2.33 bits per heavy atom. The second-order valence-electron chi connectivity index (χ2n) is 4.05. The molecule has 0 radical (unpaired) electrons. The average Bonchev–Trinajstić information content (AvgIpc) is 2.77. The molecule has 4 heteroatoms. The third kappa shape index (κ3) is 2.16. The van der Waals surface area contributed by atoms with Crippen LogP contribution in [0.1, 0.15) is 25.1 Å². The molecule has 4 nitrogen and oxygen atoms in total. The molecule has 0 saturated heterocycles. The number of benzene rings is 1. The van der Waals surface area contributed by atoms with Crippen LogP contribution in [0.3, 0.4) is 0 Å².